The van der Waals surface area contributed by atoms with Crippen LogP contribution in [0.4, 0.5) is 5.69 Å². The summed E-state index contributed by atoms with van der Waals surface area (Å²) in [4.78, 5) is 0. The Kier molecular flexibility index (Phi) is 4.25. The number of halogens is 1. The summed E-state index contributed by atoms with van der Waals surface area (Å²) in [6, 6.07) is 16.4. The van der Waals surface area contributed by atoms with E-state index in [1.165, 1.54) is 3.57 Å². The molecule has 3 heteroatoms. The van der Waals surface area contributed by atoms with E-state index in [1.807, 2.05) is 24.3 Å². The predicted octanol–water partition coefficient (Wildman–Crippen LogP) is 3.91. The van der Waals surface area contributed by atoms with Gasteiger partial charge in [0.2, 0.25) is 0 Å². The van der Waals surface area contributed by atoms with Crippen molar-refractivity contribution in [2.75, 3.05) is 12.4 Å². The molecule has 2 nitrogen and oxygen atoms in total. The van der Waals surface area contributed by atoms with E-state index in [4.69, 9.17) is 4.74 Å². The number of anilines is 1. The van der Waals surface area contributed by atoms with Crippen molar-refractivity contribution in [3.63, 3.8) is 0 Å². The average molecular weight is 339 g/mol. The number of hydrogen-bond donors (Lipinski definition) is 1. The van der Waals surface area contributed by atoms with Crippen molar-refractivity contribution in [2.24, 2.45) is 0 Å². The molecule has 0 heterocycles. The predicted molar refractivity (Wildman–Crippen MR) is 79.5 cm³/mol. The minimum Gasteiger partial charge on any atom is -0.496 e. The summed E-state index contributed by atoms with van der Waals surface area (Å²) >= 11 is 2.31. The Labute approximate surface area is 115 Å². The Bertz CT molecular complexity index is 499. The van der Waals surface area contributed by atoms with E-state index in [0.717, 1.165) is 23.5 Å². The second kappa shape index (κ2) is 5.91. The molecule has 0 aliphatic carbocycles. The molecule has 0 bridgehead atoms. The van der Waals surface area contributed by atoms with Crippen LogP contribution in [-0.2, 0) is 6.54 Å². The van der Waals surface area contributed by atoms with E-state index in [9.17, 15) is 0 Å². The van der Waals surface area contributed by atoms with Crippen LogP contribution in [0.3, 0.4) is 0 Å². The van der Waals surface area contributed by atoms with Gasteiger partial charge < -0.3 is 10.1 Å². The van der Waals surface area contributed by atoms with E-state index >= 15 is 0 Å². The molecule has 0 atom stereocenters. The van der Waals surface area contributed by atoms with E-state index < -0.39 is 0 Å². The van der Waals surface area contributed by atoms with Crippen LogP contribution in [0.5, 0.6) is 5.75 Å². The lowest BCUT2D eigenvalue weighted by Crippen LogP contribution is -2.01. The van der Waals surface area contributed by atoms with Crippen molar-refractivity contribution in [3.8, 4) is 5.75 Å². The summed E-state index contributed by atoms with van der Waals surface area (Å²) in [6.07, 6.45) is 0. The van der Waals surface area contributed by atoms with E-state index in [0.29, 0.717) is 0 Å². The third-order valence-electron chi connectivity index (χ3n) is 2.50. The highest BCUT2D eigenvalue weighted by atomic mass is 127. The molecule has 88 valence electrons. The Hall–Kier alpha value is -1.23. The summed E-state index contributed by atoms with van der Waals surface area (Å²) < 4.78 is 6.55. The van der Waals surface area contributed by atoms with Gasteiger partial charge in [0.15, 0.2) is 0 Å². The largest absolute Gasteiger partial charge is 0.496 e. The second-order valence-electron chi connectivity index (χ2n) is 3.68. The van der Waals surface area contributed by atoms with Crippen molar-refractivity contribution in [1.29, 1.82) is 0 Å². The topological polar surface area (TPSA) is 21.3 Å². The van der Waals surface area contributed by atoms with Crippen LogP contribution < -0.4 is 10.1 Å². The van der Waals surface area contributed by atoms with Gasteiger partial charge >= 0.3 is 0 Å². The molecule has 0 aliphatic heterocycles. The fourth-order valence-corrected chi connectivity index (χ4v) is 2.19. The lowest BCUT2D eigenvalue weighted by atomic mass is 10.2. The first-order valence-electron chi connectivity index (χ1n) is 5.41. The zero-order valence-corrected chi connectivity index (χ0v) is 11.8. The van der Waals surface area contributed by atoms with Crippen molar-refractivity contribution in [2.45, 2.75) is 6.54 Å². The molecule has 0 saturated carbocycles. The zero-order valence-electron chi connectivity index (χ0n) is 9.61. The smallest absolute Gasteiger partial charge is 0.123 e. The molecular formula is C14H14INO. The minimum atomic E-state index is 0.768. The van der Waals surface area contributed by atoms with Crippen LogP contribution in [0, 0.1) is 3.57 Å². The Morgan fingerprint density at radius 1 is 1.12 bits per heavy atom. The van der Waals surface area contributed by atoms with Crippen molar-refractivity contribution < 1.29 is 4.74 Å². The maximum absolute atomic E-state index is 5.32. The molecule has 2 aromatic rings. The average Bonchev–Trinajstić information content (AvgIpc) is 2.37. The van der Waals surface area contributed by atoms with Crippen LogP contribution in [0.15, 0.2) is 48.5 Å². The molecule has 0 aliphatic rings. The van der Waals surface area contributed by atoms with Crippen molar-refractivity contribution >= 4 is 28.3 Å². The Morgan fingerprint density at radius 2 is 1.94 bits per heavy atom. The molecule has 0 fully saturated rings. The molecule has 0 amide bonds. The van der Waals surface area contributed by atoms with E-state index in [-0.39, 0.29) is 0 Å². The van der Waals surface area contributed by atoms with E-state index in [2.05, 4.69) is 52.2 Å². The van der Waals surface area contributed by atoms with Gasteiger partial charge in [0, 0.05) is 21.4 Å². The second-order valence-corrected chi connectivity index (χ2v) is 4.92. The third kappa shape index (κ3) is 3.36. The SMILES string of the molecule is COc1ccccc1CNc1cccc(I)c1. The van der Waals surface area contributed by atoms with Gasteiger partial charge in [0.25, 0.3) is 0 Å². The molecule has 0 unspecified atom stereocenters. The van der Waals surface area contributed by atoms with Gasteiger partial charge in [-0.05, 0) is 46.9 Å². The van der Waals surface area contributed by atoms with Gasteiger partial charge in [0.1, 0.15) is 5.75 Å². The molecule has 0 saturated heterocycles. The first-order valence-corrected chi connectivity index (χ1v) is 6.49. The normalized spacial score (nSPS) is 10.0. The molecular weight excluding hydrogens is 325 g/mol. The monoisotopic (exact) mass is 339 g/mol. The van der Waals surface area contributed by atoms with Gasteiger partial charge in [-0.3, -0.25) is 0 Å². The van der Waals surface area contributed by atoms with Crippen LogP contribution in [-0.4, -0.2) is 7.11 Å². The highest BCUT2D eigenvalue weighted by molar-refractivity contribution is 14.1. The van der Waals surface area contributed by atoms with Gasteiger partial charge in [-0.25, -0.2) is 0 Å². The summed E-state index contributed by atoms with van der Waals surface area (Å²) in [5.74, 6) is 0.922. The first kappa shape index (κ1) is 12.2. The maximum Gasteiger partial charge on any atom is 0.123 e. The summed E-state index contributed by atoms with van der Waals surface area (Å²) in [7, 11) is 1.70. The van der Waals surface area contributed by atoms with Crippen LogP contribution in [0.1, 0.15) is 5.56 Å². The van der Waals surface area contributed by atoms with Crippen molar-refractivity contribution in [1.82, 2.24) is 0 Å². The molecule has 0 radical (unpaired) electrons. The number of para-hydroxylation sites is 1. The minimum absolute atomic E-state index is 0.768. The maximum atomic E-state index is 5.32. The van der Waals surface area contributed by atoms with E-state index in [1.54, 1.807) is 7.11 Å². The number of rotatable bonds is 4. The number of benzene rings is 2. The molecule has 2 aromatic carbocycles. The standard InChI is InChI=1S/C14H14INO/c1-17-14-8-3-2-5-11(14)10-16-13-7-4-6-12(15)9-13/h2-9,16H,10H2,1H3. The molecule has 2 rings (SSSR count). The Balaban J connectivity index is 2.07. The zero-order chi connectivity index (χ0) is 12.1. The third-order valence-corrected chi connectivity index (χ3v) is 3.17. The highest BCUT2D eigenvalue weighted by Crippen LogP contribution is 2.19. The van der Waals surface area contributed by atoms with Crippen LogP contribution >= 0.6 is 22.6 Å². The molecule has 1 N–H and O–H groups in total. The molecule has 0 aromatic heterocycles. The summed E-state index contributed by atoms with van der Waals surface area (Å²) in [6.45, 7) is 0.768. The quantitative estimate of drug-likeness (QED) is 0.853. The number of nitrogens with one attached hydrogen (secondary N) is 1. The molecule has 17 heavy (non-hydrogen) atoms. The number of hydrogen-bond acceptors (Lipinski definition) is 2. The molecule has 0 spiro atoms. The summed E-state index contributed by atoms with van der Waals surface area (Å²) in [5.41, 5.74) is 2.29. The highest BCUT2D eigenvalue weighted by Gasteiger charge is 2.01. The van der Waals surface area contributed by atoms with Gasteiger partial charge in [-0.15, -0.1) is 0 Å². The first-order chi connectivity index (χ1) is 8.29. The number of methoxy groups -OCH3 is 1. The number of ether oxygens (including phenoxy) is 1. The lowest BCUT2D eigenvalue weighted by molar-refractivity contribution is 0.410. The fourth-order valence-electron chi connectivity index (χ4n) is 1.64. The summed E-state index contributed by atoms with van der Waals surface area (Å²) in [5, 5.41) is 3.39. The van der Waals surface area contributed by atoms with Gasteiger partial charge in [0.05, 0.1) is 7.11 Å². The van der Waals surface area contributed by atoms with Crippen LogP contribution in [0.25, 0.3) is 0 Å². The van der Waals surface area contributed by atoms with Gasteiger partial charge in [-0.1, -0.05) is 24.3 Å². The lowest BCUT2D eigenvalue weighted by Gasteiger charge is -2.10. The van der Waals surface area contributed by atoms with Crippen LogP contribution in [0.2, 0.25) is 0 Å². The van der Waals surface area contributed by atoms with Crippen molar-refractivity contribution in [3.05, 3.63) is 57.7 Å². The Morgan fingerprint density at radius 3 is 2.71 bits per heavy atom. The fraction of sp³-hybridized carbons (Fsp3) is 0.143. The van der Waals surface area contributed by atoms with Gasteiger partial charge in [-0.2, -0.15) is 0 Å².